The molecule has 1 nitrogen and oxygen atoms in total. The first-order chi connectivity index (χ1) is 7.63. The molecule has 1 aromatic carbocycles. The Bertz CT molecular complexity index is 390. The minimum absolute atomic E-state index is 0.0253. The van der Waals surface area contributed by atoms with Crippen LogP contribution in [0.25, 0.3) is 0 Å². The van der Waals surface area contributed by atoms with Crippen molar-refractivity contribution in [3.8, 4) is 0 Å². The summed E-state index contributed by atoms with van der Waals surface area (Å²) < 4.78 is 27.5. The number of rotatable bonds is 2. The maximum atomic E-state index is 13.9. The van der Waals surface area contributed by atoms with E-state index in [9.17, 15) is 8.78 Å². The van der Waals surface area contributed by atoms with Gasteiger partial charge in [0.2, 0.25) is 0 Å². The molecule has 2 atom stereocenters. The Balaban J connectivity index is 2.30. The third-order valence-electron chi connectivity index (χ3n) is 3.57. The lowest BCUT2D eigenvalue weighted by Crippen LogP contribution is -2.21. The van der Waals surface area contributed by atoms with Crippen LogP contribution in [0.1, 0.15) is 36.3 Å². The van der Waals surface area contributed by atoms with Gasteiger partial charge in [-0.25, -0.2) is 8.78 Å². The highest BCUT2D eigenvalue weighted by Crippen LogP contribution is 2.37. The Hall–Kier alpha value is -0.960. The van der Waals surface area contributed by atoms with E-state index < -0.39 is 5.82 Å². The first kappa shape index (κ1) is 11.5. The minimum Gasteiger partial charge on any atom is -0.317 e. The van der Waals surface area contributed by atoms with Gasteiger partial charge >= 0.3 is 0 Å². The van der Waals surface area contributed by atoms with Crippen molar-refractivity contribution in [1.29, 1.82) is 0 Å². The van der Waals surface area contributed by atoms with Crippen molar-refractivity contribution in [2.75, 3.05) is 7.05 Å². The molecule has 0 spiro atoms. The summed E-state index contributed by atoms with van der Waals surface area (Å²) in [6.45, 7) is 1.68. The van der Waals surface area contributed by atoms with Crippen LogP contribution in [-0.4, -0.2) is 13.1 Å². The molecule has 0 radical (unpaired) electrons. The predicted octanol–water partition coefficient (Wildman–Crippen LogP) is 3.13. The summed E-state index contributed by atoms with van der Waals surface area (Å²) in [5, 5.41) is 3.17. The fourth-order valence-corrected chi connectivity index (χ4v) is 2.56. The summed E-state index contributed by atoms with van der Waals surface area (Å²) in [6, 6.07) is 3.27. The molecule has 3 heteroatoms. The Morgan fingerprint density at radius 3 is 2.62 bits per heavy atom. The van der Waals surface area contributed by atoms with Crippen LogP contribution < -0.4 is 5.32 Å². The van der Waals surface area contributed by atoms with E-state index in [1.807, 2.05) is 7.05 Å². The van der Waals surface area contributed by atoms with Gasteiger partial charge in [-0.1, -0.05) is 6.07 Å². The van der Waals surface area contributed by atoms with Crippen molar-refractivity contribution in [2.45, 2.75) is 38.1 Å². The summed E-state index contributed by atoms with van der Waals surface area (Å²) in [5.74, 6) is -0.732. The summed E-state index contributed by atoms with van der Waals surface area (Å²) >= 11 is 0. The molecule has 2 rings (SSSR count). The number of nitrogens with one attached hydrogen (secondary N) is 1. The quantitative estimate of drug-likeness (QED) is 0.815. The minimum atomic E-state index is -0.398. The summed E-state index contributed by atoms with van der Waals surface area (Å²) in [5.41, 5.74) is 0.821. The van der Waals surface area contributed by atoms with E-state index in [4.69, 9.17) is 0 Å². The monoisotopic (exact) mass is 225 g/mol. The van der Waals surface area contributed by atoms with Gasteiger partial charge in [-0.3, -0.25) is 0 Å². The smallest absolute Gasteiger partial charge is 0.132 e. The molecule has 16 heavy (non-hydrogen) atoms. The Morgan fingerprint density at radius 1 is 1.25 bits per heavy atom. The molecule has 1 fully saturated rings. The topological polar surface area (TPSA) is 12.0 Å². The standard InChI is InChI=1S/C13H17F2N/c1-8-3-6-11(14)12(13(8)15)9-4-5-10(7-9)16-2/h3,6,9-10,16H,4-5,7H2,1-2H3. The number of benzene rings is 1. The maximum absolute atomic E-state index is 13.9. The van der Waals surface area contributed by atoms with E-state index >= 15 is 0 Å². The first-order valence-electron chi connectivity index (χ1n) is 5.75. The van der Waals surface area contributed by atoms with Crippen molar-refractivity contribution >= 4 is 0 Å². The second kappa shape index (κ2) is 4.50. The van der Waals surface area contributed by atoms with Crippen LogP contribution in [0.15, 0.2) is 12.1 Å². The highest BCUT2D eigenvalue weighted by molar-refractivity contribution is 5.30. The SMILES string of the molecule is CNC1CCC(c2c(F)ccc(C)c2F)C1. The number of hydrogen-bond acceptors (Lipinski definition) is 1. The van der Waals surface area contributed by atoms with Crippen LogP contribution in [0.4, 0.5) is 8.78 Å². The van der Waals surface area contributed by atoms with Crippen LogP contribution >= 0.6 is 0 Å². The van der Waals surface area contributed by atoms with E-state index in [-0.39, 0.29) is 17.3 Å². The Labute approximate surface area is 94.9 Å². The lowest BCUT2D eigenvalue weighted by molar-refractivity contribution is 0.510. The van der Waals surface area contributed by atoms with Gasteiger partial charge in [-0.05, 0) is 50.8 Å². The van der Waals surface area contributed by atoms with Gasteiger partial charge in [0, 0.05) is 11.6 Å². The maximum Gasteiger partial charge on any atom is 0.132 e. The molecule has 1 aromatic rings. The first-order valence-corrected chi connectivity index (χ1v) is 5.75. The lowest BCUT2D eigenvalue weighted by atomic mass is 9.94. The van der Waals surface area contributed by atoms with Crippen molar-refractivity contribution in [1.82, 2.24) is 5.32 Å². The molecule has 0 aromatic heterocycles. The van der Waals surface area contributed by atoms with Gasteiger partial charge in [0.25, 0.3) is 0 Å². The lowest BCUT2D eigenvalue weighted by Gasteiger charge is -2.14. The number of aryl methyl sites for hydroxylation is 1. The van der Waals surface area contributed by atoms with Gasteiger partial charge in [0.15, 0.2) is 0 Å². The predicted molar refractivity (Wildman–Crippen MR) is 60.5 cm³/mol. The van der Waals surface area contributed by atoms with Crippen molar-refractivity contribution in [3.63, 3.8) is 0 Å². The molecule has 0 saturated heterocycles. The summed E-state index contributed by atoms with van der Waals surface area (Å²) in [7, 11) is 1.90. The van der Waals surface area contributed by atoms with Crippen molar-refractivity contribution < 1.29 is 8.78 Å². The molecule has 0 amide bonds. The number of hydrogen-bond donors (Lipinski definition) is 1. The molecule has 1 aliphatic rings. The molecule has 1 aliphatic carbocycles. The van der Waals surface area contributed by atoms with E-state index in [2.05, 4.69) is 5.32 Å². The zero-order chi connectivity index (χ0) is 11.7. The fourth-order valence-electron chi connectivity index (χ4n) is 2.56. The molecular formula is C13H17F2N. The second-order valence-corrected chi connectivity index (χ2v) is 4.59. The van der Waals surface area contributed by atoms with Crippen molar-refractivity contribution in [3.05, 3.63) is 34.9 Å². The van der Waals surface area contributed by atoms with Gasteiger partial charge in [-0.2, -0.15) is 0 Å². The average molecular weight is 225 g/mol. The van der Waals surface area contributed by atoms with E-state index in [1.165, 1.54) is 12.1 Å². The zero-order valence-electron chi connectivity index (χ0n) is 9.69. The van der Waals surface area contributed by atoms with E-state index in [1.54, 1.807) is 6.92 Å². The average Bonchev–Trinajstić information content (AvgIpc) is 2.73. The normalized spacial score (nSPS) is 25.0. The largest absolute Gasteiger partial charge is 0.317 e. The van der Waals surface area contributed by atoms with Crippen LogP contribution in [0.2, 0.25) is 0 Å². The fraction of sp³-hybridized carbons (Fsp3) is 0.538. The molecule has 0 heterocycles. The van der Waals surface area contributed by atoms with E-state index in [0.29, 0.717) is 11.6 Å². The molecule has 88 valence electrons. The third-order valence-corrected chi connectivity index (χ3v) is 3.57. The molecule has 0 aliphatic heterocycles. The van der Waals surface area contributed by atoms with Gasteiger partial charge in [0.05, 0.1) is 0 Å². The molecule has 2 unspecified atom stereocenters. The third kappa shape index (κ3) is 1.96. The Kier molecular flexibility index (Phi) is 3.24. The Morgan fingerprint density at radius 2 is 2.00 bits per heavy atom. The van der Waals surface area contributed by atoms with E-state index in [0.717, 1.165) is 19.3 Å². The van der Waals surface area contributed by atoms with Crippen LogP contribution in [0.5, 0.6) is 0 Å². The second-order valence-electron chi connectivity index (χ2n) is 4.59. The molecule has 0 bridgehead atoms. The van der Waals surface area contributed by atoms with Crippen LogP contribution in [-0.2, 0) is 0 Å². The zero-order valence-corrected chi connectivity index (χ0v) is 9.69. The summed E-state index contributed by atoms with van der Waals surface area (Å²) in [6.07, 6.45) is 2.69. The summed E-state index contributed by atoms with van der Waals surface area (Å²) in [4.78, 5) is 0. The van der Waals surface area contributed by atoms with Gasteiger partial charge < -0.3 is 5.32 Å². The highest BCUT2D eigenvalue weighted by Gasteiger charge is 2.29. The number of halogens is 2. The van der Waals surface area contributed by atoms with Gasteiger partial charge in [0.1, 0.15) is 11.6 Å². The molecule has 1 saturated carbocycles. The molecular weight excluding hydrogens is 208 g/mol. The highest BCUT2D eigenvalue weighted by atomic mass is 19.1. The van der Waals surface area contributed by atoms with Crippen molar-refractivity contribution in [2.24, 2.45) is 0 Å². The van der Waals surface area contributed by atoms with Crippen LogP contribution in [0, 0.1) is 18.6 Å². The molecule has 1 N–H and O–H groups in total. The van der Waals surface area contributed by atoms with Crippen LogP contribution in [0.3, 0.4) is 0 Å². The van der Waals surface area contributed by atoms with Gasteiger partial charge in [-0.15, -0.1) is 0 Å².